The van der Waals surface area contributed by atoms with Crippen molar-refractivity contribution >= 4 is 11.9 Å². The number of phenols is 1. The second kappa shape index (κ2) is 7.08. The molecule has 0 aromatic heterocycles. The smallest absolute Gasteiger partial charge is 0.311 e. The number of hydrogen-bond donors (Lipinski definition) is 4. The second-order valence-electron chi connectivity index (χ2n) is 5.41. The van der Waals surface area contributed by atoms with E-state index in [9.17, 15) is 14.7 Å². The number of aliphatic carboxylic acids is 1. The van der Waals surface area contributed by atoms with Gasteiger partial charge < -0.3 is 21.3 Å². The minimum Gasteiger partial charge on any atom is -0.508 e. The van der Waals surface area contributed by atoms with Gasteiger partial charge in [0.05, 0.1) is 11.5 Å². The fourth-order valence-electron chi connectivity index (χ4n) is 1.74. The maximum Gasteiger partial charge on any atom is 0.311 e. The van der Waals surface area contributed by atoms with Crippen molar-refractivity contribution in [2.45, 2.75) is 32.7 Å². The van der Waals surface area contributed by atoms with E-state index < -0.39 is 17.4 Å². The number of benzene rings is 1. The summed E-state index contributed by atoms with van der Waals surface area (Å²) in [6, 6.07) is 5.67. The zero-order valence-electron chi connectivity index (χ0n) is 12.3. The zero-order valence-corrected chi connectivity index (χ0v) is 12.3. The van der Waals surface area contributed by atoms with E-state index in [1.807, 2.05) is 0 Å². The van der Waals surface area contributed by atoms with Crippen molar-refractivity contribution in [2.24, 2.45) is 11.1 Å². The number of carboxylic acid groups (broad SMARTS) is 1. The molecular weight excluding hydrogens is 272 g/mol. The van der Waals surface area contributed by atoms with Crippen LogP contribution in [0.2, 0.25) is 0 Å². The average Bonchev–Trinajstić information content (AvgIpc) is 2.46. The number of carbonyl (C=O) groups is 2. The molecule has 1 aromatic carbocycles. The number of rotatable bonds is 7. The van der Waals surface area contributed by atoms with Gasteiger partial charge >= 0.3 is 5.97 Å². The Morgan fingerprint density at radius 3 is 2.38 bits per heavy atom. The first-order valence-electron chi connectivity index (χ1n) is 6.83. The van der Waals surface area contributed by atoms with Gasteiger partial charge in [0, 0.05) is 6.54 Å². The topological polar surface area (TPSA) is 113 Å². The summed E-state index contributed by atoms with van der Waals surface area (Å²) in [7, 11) is 0. The van der Waals surface area contributed by atoms with E-state index in [0.29, 0.717) is 12.8 Å². The van der Waals surface area contributed by atoms with Gasteiger partial charge in [0.25, 0.3) is 0 Å². The molecule has 21 heavy (non-hydrogen) atoms. The maximum atomic E-state index is 11.9. The lowest BCUT2D eigenvalue weighted by Crippen LogP contribution is -2.47. The van der Waals surface area contributed by atoms with E-state index in [-0.39, 0.29) is 18.2 Å². The SMILES string of the molecule is CCC(C)(CNC(=O)[C@H](N)Cc1ccc(O)cc1)C(=O)O. The summed E-state index contributed by atoms with van der Waals surface area (Å²) in [4.78, 5) is 23.1. The van der Waals surface area contributed by atoms with Crippen LogP contribution in [0.15, 0.2) is 24.3 Å². The molecule has 0 bridgehead atoms. The Morgan fingerprint density at radius 2 is 1.90 bits per heavy atom. The molecule has 6 heteroatoms. The van der Waals surface area contributed by atoms with Crippen LogP contribution in [0.3, 0.4) is 0 Å². The van der Waals surface area contributed by atoms with Gasteiger partial charge in [0.2, 0.25) is 5.91 Å². The van der Waals surface area contributed by atoms with Gasteiger partial charge in [0.1, 0.15) is 5.75 Å². The van der Waals surface area contributed by atoms with Crippen LogP contribution in [0.4, 0.5) is 0 Å². The van der Waals surface area contributed by atoms with E-state index in [1.165, 1.54) is 12.1 Å². The predicted molar refractivity (Wildman–Crippen MR) is 78.8 cm³/mol. The number of phenolic OH excluding ortho intramolecular Hbond substituents is 1. The maximum absolute atomic E-state index is 11.9. The molecule has 0 aliphatic rings. The molecule has 0 aliphatic heterocycles. The van der Waals surface area contributed by atoms with E-state index in [0.717, 1.165) is 5.56 Å². The summed E-state index contributed by atoms with van der Waals surface area (Å²) in [5.41, 5.74) is 5.65. The highest BCUT2D eigenvalue weighted by atomic mass is 16.4. The molecule has 1 rings (SSSR count). The number of nitrogens with one attached hydrogen (secondary N) is 1. The van der Waals surface area contributed by atoms with Gasteiger partial charge in [-0.15, -0.1) is 0 Å². The lowest BCUT2D eigenvalue weighted by atomic mass is 9.87. The van der Waals surface area contributed by atoms with Crippen LogP contribution in [0.1, 0.15) is 25.8 Å². The molecule has 1 unspecified atom stereocenters. The lowest BCUT2D eigenvalue weighted by Gasteiger charge is -2.24. The lowest BCUT2D eigenvalue weighted by molar-refractivity contribution is -0.148. The Morgan fingerprint density at radius 1 is 1.33 bits per heavy atom. The average molecular weight is 294 g/mol. The number of carboxylic acids is 1. The Hall–Kier alpha value is -2.08. The second-order valence-corrected chi connectivity index (χ2v) is 5.41. The van der Waals surface area contributed by atoms with Gasteiger partial charge in [-0.2, -0.15) is 0 Å². The number of carbonyl (C=O) groups excluding carboxylic acids is 1. The largest absolute Gasteiger partial charge is 0.508 e. The van der Waals surface area contributed by atoms with E-state index in [1.54, 1.807) is 26.0 Å². The molecule has 0 spiro atoms. The molecule has 1 aromatic rings. The number of nitrogens with two attached hydrogens (primary N) is 1. The molecule has 0 fully saturated rings. The fourth-order valence-corrected chi connectivity index (χ4v) is 1.74. The van der Waals surface area contributed by atoms with Crippen molar-refractivity contribution in [2.75, 3.05) is 6.54 Å². The third kappa shape index (κ3) is 4.75. The molecule has 0 saturated carbocycles. The van der Waals surface area contributed by atoms with Gasteiger partial charge in [-0.05, 0) is 37.5 Å². The van der Waals surface area contributed by atoms with E-state index in [2.05, 4.69) is 5.32 Å². The van der Waals surface area contributed by atoms with Crippen LogP contribution >= 0.6 is 0 Å². The highest BCUT2D eigenvalue weighted by Crippen LogP contribution is 2.20. The van der Waals surface area contributed by atoms with Crippen LogP contribution in [0, 0.1) is 5.41 Å². The number of hydrogen-bond acceptors (Lipinski definition) is 4. The van der Waals surface area contributed by atoms with E-state index >= 15 is 0 Å². The quantitative estimate of drug-likeness (QED) is 0.596. The Bertz CT molecular complexity index is 501. The minimum absolute atomic E-state index is 0.0426. The zero-order chi connectivity index (χ0) is 16.0. The molecule has 0 saturated heterocycles. The minimum atomic E-state index is -0.992. The summed E-state index contributed by atoms with van der Waals surface area (Å²) < 4.78 is 0. The van der Waals surface area contributed by atoms with Gasteiger partial charge in [-0.3, -0.25) is 9.59 Å². The van der Waals surface area contributed by atoms with Crippen molar-refractivity contribution in [1.82, 2.24) is 5.32 Å². The van der Waals surface area contributed by atoms with Gasteiger partial charge in [0.15, 0.2) is 0 Å². The third-order valence-corrected chi connectivity index (χ3v) is 3.68. The van der Waals surface area contributed by atoms with Crippen LogP contribution in [0.5, 0.6) is 5.75 Å². The summed E-state index contributed by atoms with van der Waals surface area (Å²) >= 11 is 0. The summed E-state index contributed by atoms with van der Waals surface area (Å²) in [6.07, 6.45) is 0.734. The molecule has 0 radical (unpaired) electrons. The molecule has 6 nitrogen and oxygen atoms in total. The third-order valence-electron chi connectivity index (χ3n) is 3.68. The standard InChI is InChI=1S/C15H22N2O4/c1-3-15(2,14(20)21)9-17-13(19)12(16)8-10-4-6-11(18)7-5-10/h4-7,12,18H,3,8-9,16H2,1-2H3,(H,17,19)(H,20,21)/t12-,15?/m1/s1. The molecule has 116 valence electrons. The Kier molecular flexibility index (Phi) is 5.72. The van der Waals surface area contributed by atoms with Crippen LogP contribution in [-0.4, -0.2) is 34.7 Å². The summed E-state index contributed by atoms with van der Waals surface area (Å²) in [5, 5.41) is 20.9. The molecule has 0 aliphatic carbocycles. The highest BCUT2D eigenvalue weighted by Gasteiger charge is 2.32. The molecular formula is C15H22N2O4. The van der Waals surface area contributed by atoms with Crippen LogP contribution < -0.4 is 11.1 Å². The van der Waals surface area contributed by atoms with Crippen LogP contribution in [0.25, 0.3) is 0 Å². The van der Waals surface area contributed by atoms with Crippen molar-refractivity contribution in [3.8, 4) is 5.75 Å². The normalized spacial score (nSPS) is 15.0. The Labute approximate surface area is 124 Å². The monoisotopic (exact) mass is 294 g/mol. The summed E-state index contributed by atoms with van der Waals surface area (Å²) in [6.45, 7) is 3.39. The van der Waals surface area contributed by atoms with Crippen molar-refractivity contribution in [1.29, 1.82) is 0 Å². The molecule has 1 amide bonds. The van der Waals surface area contributed by atoms with Crippen LogP contribution in [-0.2, 0) is 16.0 Å². The fraction of sp³-hybridized carbons (Fsp3) is 0.467. The summed E-state index contributed by atoms with van der Waals surface area (Å²) in [5.74, 6) is -1.18. The number of amides is 1. The first-order chi connectivity index (χ1) is 9.78. The highest BCUT2D eigenvalue weighted by molar-refractivity contribution is 5.83. The van der Waals surface area contributed by atoms with Crippen molar-refractivity contribution < 1.29 is 19.8 Å². The molecule has 0 heterocycles. The van der Waals surface area contributed by atoms with Gasteiger partial charge in [-0.1, -0.05) is 19.1 Å². The predicted octanol–water partition coefficient (Wildman–Crippen LogP) is 0.879. The van der Waals surface area contributed by atoms with E-state index in [4.69, 9.17) is 10.8 Å². The molecule has 2 atom stereocenters. The Balaban J connectivity index is 2.55. The number of aromatic hydroxyl groups is 1. The molecule has 5 N–H and O–H groups in total. The first kappa shape index (κ1) is 17.0. The van der Waals surface area contributed by atoms with Gasteiger partial charge in [-0.25, -0.2) is 0 Å². The first-order valence-corrected chi connectivity index (χ1v) is 6.83. The van der Waals surface area contributed by atoms with Crippen molar-refractivity contribution in [3.05, 3.63) is 29.8 Å². The van der Waals surface area contributed by atoms with Crippen molar-refractivity contribution in [3.63, 3.8) is 0 Å².